The fourth-order valence-electron chi connectivity index (χ4n) is 6.58. The summed E-state index contributed by atoms with van der Waals surface area (Å²) < 4.78 is 1.87. The number of nitrogens with zero attached hydrogens (tertiary/aromatic N) is 2. The predicted molar refractivity (Wildman–Crippen MR) is 116 cm³/mol. The molecule has 29 heavy (non-hydrogen) atoms. The summed E-state index contributed by atoms with van der Waals surface area (Å²) in [5.74, 6) is 3.32. The second kappa shape index (κ2) is 7.31. The van der Waals surface area contributed by atoms with Crippen LogP contribution in [-0.2, 0) is 11.3 Å². The van der Waals surface area contributed by atoms with Crippen LogP contribution in [0.25, 0.3) is 0 Å². The van der Waals surface area contributed by atoms with E-state index in [9.17, 15) is 4.79 Å². The summed E-state index contributed by atoms with van der Waals surface area (Å²) in [6.07, 6.45) is 8.58. The van der Waals surface area contributed by atoms with Crippen LogP contribution in [0.4, 0.5) is 5.82 Å². The first-order chi connectivity index (χ1) is 13.9. The van der Waals surface area contributed by atoms with E-state index in [2.05, 4.69) is 10.4 Å². The highest BCUT2D eigenvalue weighted by molar-refractivity contribution is 6.35. The van der Waals surface area contributed by atoms with Crippen LogP contribution in [0, 0.1) is 30.1 Å². The summed E-state index contributed by atoms with van der Waals surface area (Å²) >= 11 is 12.3. The third-order valence-electron chi connectivity index (χ3n) is 7.28. The van der Waals surface area contributed by atoms with Gasteiger partial charge in [0.15, 0.2) is 5.82 Å². The van der Waals surface area contributed by atoms with Crippen LogP contribution in [0.3, 0.4) is 0 Å². The zero-order chi connectivity index (χ0) is 20.2. The molecule has 4 nitrogen and oxygen atoms in total. The molecule has 1 heterocycles. The quantitative estimate of drug-likeness (QED) is 0.621. The molecule has 1 aromatic heterocycles. The van der Waals surface area contributed by atoms with Crippen molar-refractivity contribution in [2.45, 2.75) is 58.4 Å². The first kappa shape index (κ1) is 19.4. The van der Waals surface area contributed by atoms with Gasteiger partial charge in [0.2, 0.25) is 5.91 Å². The summed E-state index contributed by atoms with van der Waals surface area (Å²) in [4.78, 5) is 12.9. The number of aryl methyl sites for hydroxylation is 1. The van der Waals surface area contributed by atoms with Gasteiger partial charge in [0.25, 0.3) is 0 Å². The molecule has 1 aromatic carbocycles. The minimum atomic E-state index is 0.112. The molecule has 0 unspecified atom stereocenters. The van der Waals surface area contributed by atoms with Crippen LogP contribution in [0.1, 0.15) is 56.2 Å². The first-order valence-electron chi connectivity index (χ1n) is 10.7. The van der Waals surface area contributed by atoms with Gasteiger partial charge in [-0.15, -0.1) is 0 Å². The molecule has 4 aliphatic rings. The van der Waals surface area contributed by atoms with E-state index in [0.717, 1.165) is 29.0 Å². The lowest BCUT2D eigenvalue weighted by atomic mass is 9.49. The molecule has 2 aromatic rings. The van der Waals surface area contributed by atoms with E-state index in [0.29, 0.717) is 28.8 Å². The Morgan fingerprint density at radius 2 is 1.79 bits per heavy atom. The molecule has 0 radical (unpaired) electrons. The van der Waals surface area contributed by atoms with Gasteiger partial charge in [-0.1, -0.05) is 29.3 Å². The first-order valence-corrected chi connectivity index (χ1v) is 11.4. The Labute approximate surface area is 182 Å². The second-order valence-corrected chi connectivity index (χ2v) is 10.6. The van der Waals surface area contributed by atoms with Crippen molar-refractivity contribution in [1.82, 2.24) is 9.78 Å². The second-order valence-electron chi connectivity index (χ2n) is 9.71. The fraction of sp³-hybridized carbons (Fsp3) is 0.565. The number of aromatic nitrogens is 2. The lowest BCUT2D eigenvalue weighted by Crippen LogP contribution is -2.47. The summed E-state index contributed by atoms with van der Waals surface area (Å²) in [5.41, 5.74) is 2.18. The number of hydrogen-bond donors (Lipinski definition) is 1. The van der Waals surface area contributed by atoms with Gasteiger partial charge in [0.1, 0.15) is 0 Å². The molecule has 1 amide bonds. The molecule has 6 rings (SSSR count). The van der Waals surface area contributed by atoms with Crippen LogP contribution in [0.5, 0.6) is 0 Å². The van der Waals surface area contributed by atoms with Crippen molar-refractivity contribution >= 4 is 34.9 Å². The Bertz CT molecular complexity index is 916. The van der Waals surface area contributed by atoms with Crippen molar-refractivity contribution in [1.29, 1.82) is 0 Å². The number of halogens is 2. The Balaban J connectivity index is 1.25. The van der Waals surface area contributed by atoms with Crippen molar-refractivity contribution in [3.8, 4) is 0 Å². The normalized spacial score (nSPS) is 30.0. The molecule has 6 heteroatoms. The average molecular weight is 432 g/mol. The van der Waals surface area contributed by atoms with E-state index in [-0.39, 0.29) is 11.3 Å². The van der Waals surface area contributed by atoms with Crippen LogP contribution in [-0.4, -0.2) is 15.7 Å². The Hall–Kier alpha value is -1.52. The van der Waals surface area contributed by atoms with Crippen molar-refractivity contribution in [2.24, 2.45) is 23.2 Å². The van der Waals surface area contributed by atoms with Crippen LogP contribution in [0.15, 0.2) is 24.3 Å². The van der Waals surface area contributed by atoms with E-state index >= 15 is 0 Å². The molecule has 0 saturated heterocycles. The van der Waals surface area contributed by atoms with Crippen LogP contribution < -0.4 is 5.32 Å². The molecule has 0 spiro atoms. The Kier molecular flexibility index (Phi) is 4.90. The largest absolute Gasteiger partial charge is 0.309 e. The molecule has 4 fully saturated rings. The third-order valence-corrected chi connectivity index (χ3v) is 7.87. The summed E-state index contributed by atoms with van der Waals surface area (Å²) in [7, 11) is 0. The number of amides is 1. The molecular weight excluding hydrogens is 405 g/mol. The lowest BCUT2D eigenvalue weighted by molar-refractivity contribution is -0.124. The van der Waals surface area contributed by atoms with Gasteiger partial charge < -0.3 is 5.32 Å². The summed E-state index contributed by atoms with van der Waals surface area (Å²) in [5, 5.41) is 8.90. The van der Waals surface area contributed by atoms with Gasteiger partial charge >= 0.3 is 0 Å². The van der Waals surface area contributed by atoms with E-state index in [1.807, 2.05) is 29.8 Å². The average Bonchev–Trinajstić information content (AvgIpc) is 2.94. The number of hydrogen-bond acceptors (Lipinski definition) is 2. The van der Waals surface area contributed by atoms with Gasteiger partial charge in [-0.25, -0.2) is 0 Å². The van der Waals surface area contributed by atoms with Gasteiger partial charge in [0.05, 0.1) is 6.54 Å². The van der Waals surface area contributed by atoms with Gasteiger partial charge in [0, 0.05) is 28.2 Å². The summed E-state index contributed by atoms with van der Waals surface area (Å²) in [6, 6.07) is 7.42. The Morgan fingerprint density at radius 3 is 2.41 bits per heavy atom. The van der Waals surface area contributed by atoms with Crippen molar-refractivity contribution in [3.05, 3.63) is 45.6 Å². The van der Waals surface area contributed by atoms with Crippen molar-refractivity contribution < 1.29 is 4.79 Å². The van der Waals surface area contributed by atoms with Gasteiger partial charge in [-0.05, 0) is 86.3 Å². The smallest absolute Gasteiger partial charge is 0.226 e. The summed E-state index contributed by atoms with van der Waals surface area (Å²) in [6.45, 7) is 2.54. The van der Waals surface area contributed by atoms with Crippen molar-refractivity contribution in [3.63, 3.8) is 0 Å². The van der Waals surface area contributed by atoms with E-state index < -0.39 is 0 Å². The zero-order valence-electron chi connectivity index (χ0n) is 16.8. The number of nitrogens with one attached hydrogen (secondary N) is 1. The highest BCUT2D eigenvalue weighted by atomic mass is 35.5. The fourth-order valence-corrected chi connectivity index (χ4v) is 7.04. The van der Waals surface area contributed by atoms with Crippen molar-refractivity contribution in [2.75, 3.05) is 5.32 Å². The minimum absolute atomic E-state index is 0.112. The lowest BCUT2D eigenvalue weighted by Gasteiger charge is -2.56. The van der Waals surface area contributed by atoms with Gasteiger partial charge in [-0.2, -0.15) is 5.10 Å². The number of anilines is 1. The number of rotatable bonds is 5. The molecular formula is C23H27Cl2N3O. The number of benzene rings is 1. The molecule has 4 aliphatic carbocycles. The predicted octanol–water partition coefficient (Wildman–Crippen LogP) is 6.09. The maximum Gasteiger partial charge on any atom is 0.226 e. The molecule has 4 bridgehead atoms. The number of carbonyl (C=O) groups is 1. The van der Waals surface area contributed by atoms with E-state index in [1.54, 1.807) is 6.07 Å². The zero-order valence-corrected chi connectivity index (χ0v) is 18.3. The number of carbonyl (C=O) groups excluding carboxylic acids is 1. The molecule has 0 atom stereocenters. The Morgan fingerprint density at radius 1 is 1.14 bits per heavy atom. The maximum atomic E-state index is 12.9. The van der Waals surface area contributed by atoms with E-state index in [4.69, 9.17) is 23.2 Å². The highest BCUT2D eigenvalue weighted by Crippen LogP contribution is 2.61. The van der Waals surface area contributed by atoms with Crippen LogP contribution in [0.2, 0.25) is 10.0 Å². The maximum absolute atomic E-state index is 12.9. The molecule has 154 valence electrons. The topological polar surface area (TPSA) is 46.9 Å². The third kappa shape index (κ3) is 3.94. The minimum Gasteiger partial charge on any atom is -0.309 e. The SMILES string of the molecule is Cc1cc(NC(=O)CC23CC4CC(CC(C4)C2)C3)nn1Cc1ccc(Cl)cc1Cl. The monoisotopic (exact) mass is 431 g/mol. The van der Waals surface area contributed by atoms with E-state index in [1.165, 1.54) is 38.5 Å². The standard InChI is InChI=1S/C23H27Cl2N3O/c1-14-4-21(27-28(14)13-18-2-3-19(24)8-20(18)25)26-22(29)12-23-9-15-5-16(10-23)7-17(6-15)11-23/h2-4,8,15-17H,5-7,9-13H2,1H3,(H,26,27,29). The van der Waals surface area contributed by atoms with Gasteiger partial charge in [-0.3, -0.25) is 9.48 Å². The van der Waals surface area contributed by atoms with Crippen LogP contribution >= 0.6 is 23.2 Å². The molecule has 4 saturated carbocycles. The highest BCUT2D eigenvalue weighted by Gasteiger charge is 2.51. The molecule has 0 aliphatic heterocycles. The molecule has 1 N–H and O–H groups in total.